The zero-order chi connectivity index (χ0) is 12.1. The summed E-state index contributed by atoms with van der Waals surface area (Å²) in [7, 11) is 1.88. The molecule has 0 radical (unpaired) electrons. The first-order valence-electron chi connectivity index (χ1n) is 5.76. The van der Waals surface area contributed by atoms with Crippen molar-refractivity contribution in [2.24, 2.45) is 7.05 Å². The third-order valence-corrected chi connectivity index (χ3v) is 3.52. The Morgan fingerprint density at radius 3 is 2.94 bits per heavy atom. The number of aromatic nitrogens is 4. The fraction of sp³-hybridized carbons (Fsp3) is 0.545. The minimum atomic E-state index is 0.861. The molecule has 0 saturated carbocycles. The molecule has 2 heterocycles. The maximum Gasteiger partial charge on any atom is 0.151 e. The van der Waals surface area contributed by atoms with Gasteiger partial charge in [0, 0.05) is 37.6 Å². The van der Waals surface area contributed by atoms with Crippen molar-refractivity contribution in [2.75, 3.05) is 6.54 Å². The van der Waals surface area contributed by atoms with Crippen LogP contribution in [0.4, 0.5) is 0 Å². The van der Waals surface area contributed by atoms with Crippen molar-refractivity contribution in [1.82, 2.24) is 25.1 Å². The van der Waals surface area contributed by atoms with Crippen LogP contribution in [0.15, 0.2) is 12.5 Å². The number of hydrogen-bond donors (Lipinski definition) is 1. The van der Waals surface area contributed by atoms with Crippen LogP contribution in [0.25, 0.3) is 0 Å². The average molecular weight is 251 g/mol. The largest absolute Gasteiger partial charge is 0.311 e. The van der Waals surface area contributed by atoms with Gasteiger partial charge >= 0.3 is 0 Å². The molecular weight excluding hydrogens is 234 g/mol. The van der Waals surface area contributed by atoms with E-state index in [-0.39, 0.29) is 0 Å². The van der Waals surface area contributed by atoms with Crippen LogP contribution in [0, 0.1) is 0 Å². The Balaban J connectivity index is 1.69. The minimum absolute atomic E-state index is 0.861. The maximum atomic E-state index is 4.33. The highest BCUT2D eigenvalue weighted by Crippen LogP contribution is 2.12. The van der Waals surface area contributed by atoms with Crippen LogP contribution in [0.1, 0.15) is 22.6 Å². The summed E-state index contributed by atoms with van der Waals surface area (Å²) in [6.07, 6.45) is 5.56. The second-order valence-electron chi connectivity index (χ2n) is 3.84. The molecule has 0 aliphatic rings. The number of nitrogens with zero attached hydrogens (tertiary/aromatic N) is 4. The first-order chi connectivity index (χ1) is 8.28. The van der Waals surface area contributed by atoms with E-state index < -0.39 is 0 Å². The second kappa shape index (κ2) is 5.88. The van der Waals surface area contributed by atoms with E-state index >= 15 is 0 Å². The predicted molar refractivity (Wildman–Crippen MR) is 67.9 cm³/mol. The fourth-order valence-corrected chi connectivity index (χ4v) is 2.34. The number of nitrogens with one attached hydrogen (secondary N) is 1. The summed E-state index contributed by atoms with van der Waals surface area (Å²) in [5.74, 6) is 0.888. The van der Waals surface area contributed by atoms with Gasteiger partial charge in [-0.05, 0) is 6.42 Å². The van der Waals surface area contributed by atoms with Gasteiger partial charge in [0.15, 0.2) is 5.82 Å². The average Bonchev–Trinajstić information content (AvgIpc) is 2.93. The minimum Gasteiger partial charge on any atom is -0.311 e. The van der Waals surface area contributed by atoms with E-state index in [0.29, 0.717) is 0 Å². The Labute approximate surface area is 105 Å². The zero-order valence-corrected chi connectivity index (χ0v) is 11.0. The normalized spacial score (nSPS) is 10.9. The van der Waals surface area contributed by atoms with Gasteiger partial charge in [-0.25, -0.2) is 9.97 Å². The third kappa shape index (κ3) is 3.61. The van der Waals surface area contributed by atoms with Gasteiger partial charge in [0.2, 0.25) is 0 Å². The summed E-state index contributed by atoms with van der Waals surface area (Å²) in [5.41, 5.74) is 0. The van der Waals surface area contributed by atoms with Crippen LogP contribution in [-0.2, 0) is 26.4 Å². The highest BCUT2D eigenvalue weighted by atomic mass is 32.1. The molecule has 0 atom stereocenters. The van der Waals surface area contributed by atoms with Crippen LogP contribution >= 0.6 is 11.3 Å². The van der Waals surface area contributed by atoms with Crippen LogP contribution in [0.5, 0.6) is 0 Å². The number of hydrogen-bond acceptors (Lipinski definition) is 5. The number of aryl methyl sites for hydroxylation is 2. The molecule has 1 N–H and O–H groups in total. The van der Waals surface area contributed by atoms with E-state index in [9.17, 15) is 0 Å². The Bertz CT molecular complexity index is 462. The smallest absolute Gasteiger partial charge is 0.151 e. The Morgan fingerprint density at radius 1 is 1.41 bits per heavy atom. The molecule has 0 bridgehead atoms. The molecule has 0 fully saturated rings. The molecule has 0 aliphatic heterocycles. The van der Waals surface area contributed by atoms with Crippen molar-refractivity contribution in [1.29, 1.82) is 0 Å². The van der Waals surface area contributed by atoms with Crippen molar-refractivity contribution in [2.45, 2.75) is 26.3 Å². The molecule has 17 heavy (non-hydrogen) atoms. The predicted octanol–water partition coefficient (Wildman–Crippen LogP) is 1.17. The van der Waals surface area contributed by atoms with Gasteiger partial charge in [0.25, 0.3) is 0 Å². The van der Waals surface area contributed by atoms with Crippen LogP contribution in [-0.4, -0.2) is 26.3 Å². The highest BCUT2D eigenvalue weighted by Gasteiger charge is 2.01. The van der Waals surface area contributed by atoms with Crippen molar-refractivity contribution in [3.05, 3.63) is 28.2 Å². The molecule has 0 aliphatic carbocycles. The van der Waals surface area contributed by atoms with Gasteiger partial charge in [-0.15, -0.1) is 11.3 Å². The van der Waals surface area contributed by atoms with E-state index in [1.165, 1.54) is 9.88 Å². The molecule has 0 unspecified atom stereocenters. The van der Waals surface area contributed by atoms with E-state index in [1.54, 1.807) is 22.3 Å². The van der Waals surface area contributed by atoms with Gasteiger partial charge in [-0.1, -0.05) is 6.92 Å². The van der Waals surface area contributed by atoms with Crippen LogP contribution < -0.4 is 5.32 Å². The summed E-state index contributed by atoms with van der Waals surface area (Å²) >= 11 is 1.77. The summed E-state index contributed by atoms with van der Waals surface area (Å²) in [6, 6.07) is 0. The lowest BCUT2D eigenvalue weighted by Crippen LogP contribution is -2.16. The first kappa shape index (κ1) is 12.2. The second-order valence-corrected chi connectivity index (χ2v) is 5.03. The molecule has 92 valence electrons. The lowest BCUT2D eigenvalue weighted by Gasteiger charge is -1.99. The molecule has 2 aromatic heterocycles. The zero-order valence-electron chi connectivity index (χ0n) is 10.2. The Kier molecular flexibility index (Phi) is 4.22. The summed E-state index contributed by atoms with van der Waals surface area (Å²) in [4.78, 5) is 9.79. The molecular formula is C11H17N5S. The van der Waals surface area contributed by atoms with Crippen molar-refractivity contribution < 1.29 is 0 Å². The summed E-state index contributed by atoms with van der Waals surface area (Å²) in [5, 5.41) is 8.81. The SMILES string of the molecule is CCc1ncc(CNCCc2ncn(C)n2)s1. The van der Waals surface area contributed by atoms with E-state index in [4.69, 9.17) is 0 Å². The van der Waals surface area contributed by atoms with Gasteiger partial charge in [-0.2, -0.15) is 5.10 Å². The molecule has 5 nitrogen and oxygen atoms in total. The molecule has 2 rings (SSSR count). The summed E-state index contributed by atoms with van der Waals surface area (Å²) < 4.78 is 1.73. The number of rotatable bonds is 6. The molecule has 0 amide bonds. The lowest BCUT2D eigenvalue weighted by atomic mass is 10.4. The van der Waals surface area contributed by atoms with Crippen LogP contribution in [0.2, 0.25) is 0 Å². The molecule has 0 saturated heterocycles. The van der Waals surface area contributed by atoms with Crippen molar-refractivity contribution in [3.63, 3.8) is 0 Å². The fourth-order valence-electron chi connectivity index (χ4n) is 1.50. The van der Waals surface area contributed by atoms with Gasteiger partial charge in [0.05, 0.1) is 5.01 Å². The van der Waals surface area contributed by atoms with E-state index in [0.717, 1.165) is 31.8 Å². The lowest BCUT2D eigenvalue weighted by molar-refractivity contribution is 0.665. The van der Waals surface area contributed by atoms with Gasteiger partial charge < -0.3 is 5.32 Å². The highest BCUT2D eigenvalue weighted by molar-refractivity contribution is 7.11. The third-order valence-electron chi connectivity index (χ3n) is 2.38. The first-order valence-corrected chi connectivity index (χ1v) is 6.58. The van der Waals surface area contributed by atoms with Gasteiger partial charge in [0.1, 0.15) is 6.33 Å². The maximum absolute atomic E-state index is 4.33. The van der Waals surface area contributed by atoms with E-state index in [2.05, 4.69) is 27.3 Å². The van der Waals surface area contributed by atoms with Crippen molar-refractivity contribution in [3.8, 4) is 0 Å². The molecule has 2 aromatic rings. The van der Waals surface area contributed by atoms with Crippen molar-refractivity contribution >= 4 is 11.3 Å². The quantitative estimate of drug-likeness (QED) is 0.783. The number of thiazole rings is 1. The van der Waals surface area contributed by atoms with Crippen LogP contribution in [0.3, 0.4) is 0 Å². The van der Waals surface area contributed by atoms with Gasteiger partial charge in [-0.3, -0.25) is 4.68 Å². The molecule has 6 heteroatoms. The molecule has 0 aromatic carbocycles. The Hall–Kier alpha value is -1.27. The Morgan fingerprint density at radius 2 is 2.29 bits per heavy atom. The summed E-state index contributed by atoms with van der Waals surface area (Å²) in [6.45, 7) is 3.90. The standard InChI is InChI=1S/C11H17N5S/c1-3-11-13-7-9(17-11)6-12-5-4-10-14-8-16(2)15-10/h7-8,12H,3-6H2,1-2H3. The monoisotopic (exact) mass is 251 g/mol. The topological polar surface area (TPSA) is 55.6 Å². The van der Waals surface area contributed by atoms with E-state index in [1.807, 2.05) is 13.2 Å². The molecule has 0 spiro atoms.